The molecule has 0 radical (unpaired) electrons. The minimum Gasteiger partial charge on any atom is -0.375 e. The van der Waals surface area contributed by atoms with E-state index < -0.39 is 0 Å². The van der Waals surface area contributed by atoms with Crippen LogP contribution >= 0.6 is 0 Å². The molecule has 17 heavy (non-hydrogen) atoms. The van der Waals surface area contributed by atoms with Crippen LogP contribution in [0.5, 0.6) is 0 Å². The summed E-state index contributed by atoms with van der Waals surface area (Å²) in [5.41, 5.74) is 0.282. The quantitative estimate of drug-likeness (QED) is 0.795. The fourth-order valence-electron chi connectivity index (χ4n) is 4.14. The molecule has 1 atom stereocenters. The van der Waals surface area contributed by atoms with Gasteiger partial charge >= 0.3 is 0 Å². The van der Waals surface area contributed by atoms with Gasteiger partial charge in [0.15, 0.2) is 0 Å². The summed E-state index contributed by atoms with van der Waals surface area (Å²) in [4.78, 5) is 0. The van der Waals surface area contributed by atoms with Gasteiger partial charge in [-0.15, -0.1) is 0 Å². The third kappa shape index (κ3) is 2.85. The van der Waals surface area contributed by atoms with Gasteiger partial charge in [-0.25, -0.2) is 0 Å². The normalized spacial score (nSPS) is 34.2. The maximum absolute atomic E-state index is 6.11. The van der Waals surface area contributed by atoms with Gasteiger partial charge in [-0.05, 0) is 38.5 Å². The lowest BCUT2D eigenvalue weighted by Gasteiger charge is -2.40. The van der Waals surface area contributed by atoms with Crippen LogP contribution in [0.3, 0.4) is 0 Å². The third-order valence-corrected chi connectivity index (χ3v) is 5.08. The molecule has 0 aromatic carbocycles. The Hall–Kier alpha value is -0.0800. The summed E-state index contributed by atoms with van der Waals surface area (Å²) in [6, 6.07) is 1.55. The van der Waals surface area contributed by atoms with Crippen molar-refractivity contribution in [3.8, 4) is 0 Å². The fourth-order valence-corrected chi connectivity index (χ4v) is 4.14. The van der Waals surface area contributed by atoms with E-state index in [1.54, 1.807) is 0 Å². The zero-order chi connectivity index (χ0) is 11.6. The summed E-state index contributed by atoms with van der Waals surface area (Å²) in [6.07, 6.45) is 15.1. The van der Waals surface area contributed by atoms with E-state index in [0.29, 0.717) is 0 Å². The van der Waals surface area contributed by atoms with E-state index in [-0.39, 0.29) is 5.60 Å². The first-order valence-electron chi connectivity index (χ1n) is 7.76. The minimum atomic E-state index is 0.282. The minimum absolute atomic E-state index is 0.282. The Bertz CT molecular complexity index is 241. The summed E-state index contributed by atoms with van der Waals surface area (Å²) in [5, 5.41) is 3.93. The zero-order valence-corrected chi connectivity index (χ0v) is 11.0. The number of nitrogens with one attached hydrogen (secondary N) is 1. The first kappa shape index (κ1) is 12.0. The van der Waals surface area contributed by atoms with E-state index in [4.69, 9.17) is 4.74 Å². The van der Waals surface area contributed by atoms with Crippen LogP contribution in [0.2, 0.25) is 0 Å². The molecule has 3 rings (SSSR count). The highest BCUT2D eigenvalue weighted by Crippen LogP contribution is 2.40. The molecule has 0 amide bonds. The van der Waals surface area contributed by atoms with Gasteiger partial charge in [0.05, 0.1) is 5.60 Å². The highest BCUT2D eigenvalue weighted by atomic mass is 16.5. The molecule has 1 N–H and O–H groups in total. The van der Waals surface area contributed by atoms with Crippen LogP contribution in [-0.4, -0.2) is 24.3 Å². The van der Waals surface area contributed by atoms with E-state index in [2.05, 4.69) is 5.32 Å². The highest BCUT2D eigenvalue weighted by molar-refractivity contribution is 4.94. The van der Waals surface area contributed by atoms with E-state index in [0.717, 1.165) is 18.7 Å². The molecule has 98 valence electrons. The summed E-state index contributed by atoms with van der Waals surface area (Å²) in [6.45, 7) is 0.990. The Labute approximate surface area is 105 Å². The average Bonchev–Trinajstić information content (AvgIpc) is 2.79. The van der Waals surface area contributed by atoms with Crippen molar-refractivity contribution in [3.63, 3.8) is 0 Å². The Morgan fingerprint density at radius 1 is 0.824 bits per heavy atom. The predicted molar refractivity (Wildman–Crippen MR) is 70.2 cm³/mol. The number of hydrogen-bond donors (Lipinski definition) is 1. The van der Waals surface area contributed by atoms with Crippen molar-refractivity contribution >= 4 is 0 Å². The van der Waals surface area contributed by atoms with Crippen LogP contribution in [0.15, 0.2) is 0 Å². The van der Waals surface area contributed by atoms with Gasteiger partial charge in [-0.3, -0.25) is 0 Å². The maximum Gasteiger partial charge on any atom is 0.0697 e. The molecular formula is C15H27NO. The van der Waals surface area contributed by atoms with Gasteiger partial charge in [0.2, 0.25) is 0 Å². The van der Waals surface area contributed by atoms with Crippen LogP contribution in [0.25, 0.3) is 0 Å². The summed E-state index contributed by atoms with van der Waals surface area (Å²) >= 11 is 0. The second kappa shape index (κ2) is 5.27. The SMILES string of the molecule is C1CCC(NC2CCOC3(CCCC3)C2)CC1. The van der Waals surface area contributed by atoms with Crippen LogP contribution < -0.4 is 5.32 Å². The van der Waals surface area contributed by atoms with E-state index in [1.165, 1.54) is 70.6 Å². The molecule has 0 bridgehead atoms. The molecule has 2 aliphatic carbocycles. The van der Waals surface area contributed by atoms with Crippen LogP contribution in [0.1, 0.15) is 70.6 Å². The summed E-state index contributed by atoms with van der Waals surface area (Å²) < 4.78 is 6.11. The largest absolute Gasteiger partial charge is 0.375 e. The maximum atomic E-state index is 6.11. The molecule has 1 heterocycles. The fraction of sp³-hybridized carbons (Fsp3) is 1.00. The molecule has 2 saturated carbocycles. The average molecular weight is 237 g/mol. The highest BCUT2D eigenvalue weighted by Gasteiger charge is 2.40. The second-order valence-corrected chi connectivity index (χ2v) is 6.43. The van der Waals surface area contributed by atoms with Gasteiger partial charge in [0.1, 0.15) is 0 Å². The first-order valence-corrected chi connectivity index (χ1v) is 7.76. The Morgan fingerprint density at radius 2 is 1.59 bits per heavy atom. The van der Waals surface area contributed by atoms with Crippen molar-refractivity contribution in [2.45, 2.75) is 88.3 Å². The van der Waals surface area contributed by atoms with Gasteiger partial charge in [-0.2, -0.15) is 0 Å². The van der Waals surface area contributed by atoms with Crippen LogP contribution in [-0.2, 0) is 4.74 Å². The lowest BCUT2D eigenvalue weighted by molar-refractivity contribution is -0.0850. The van der Waals surface area contributed by atoms with Crippen LogP contribution in [0.4, 0.5) is 0 Å². The molecule has 0 aromatic rings. The molecule has 2 heteroatoms. The standard InChI is InChI=1S/C15H27NO/c1-2-6-13(7-3-1)16-14-8-11-17-15(12-14)9-4-5-10-15/h13-14,16H,1-12H2. The van der Waals surface area contributed by atoms with Gasteiger partial charge in [-0.1, -0.05) is 32.1 Å². The number of hydrogen-bond acceptors (Lipinski definition) is 2. The molecule has 1 spiro atoms. The molecule has 3 aliphatic rings. The lowest BCUT2D eigenvalue weighted by Crippen LogP contribution is -2.49. The topological polar surface area (TPSA) is 21.3 Å². The molecule has 3 fully saturated rings. The lowest BCUT2D eigenvalue weighted by atomic mass is 9.87. The third-order valence-electron chi connectivity index (χ3n) is 5.08. The van der Waals surface area contributed by atoms with Gasteiger partial charge in [0, 0.05) is 18.7 Å². The van der Waals surface area contributed by atoms with Crippen molar-refractivity contribution < 1.29 is 4.74 Å². The van der Waals surface area contributed by atoms with E-state index in [9.17, 15) is 0 Å². The van der Waals surface area contributed by atoms with E-state index in [1.807, 2.05) is 0 Å². The van der Waals surface area contributed by atoms with Crippen molar-refractivity contribution in [1.82, 2.24) is 5.32 Å². The molecule has 1 saturated heterocycles. The van der Waals surface area contributed by atoms with Gasteiger partial charge < -0.3 is 10.1 Å². The van der Waals surface area contributed by atoms with Crippen molar-refractivity contribution in [3.05, 3.63) is 0 Å². The molecule has 1 aliphatic heterocycles. The van der Waals surface area contributed by atoms with E-state index >= 15 is 0 Å². The van der Waals surface area contributed by atoms with Crippen LogP contribution in [0, 0.1) is 0 Å². The Kier molecular flexibility index (Phi) is 3.72. The zero-order valence-electron chi connectivity index (χ0n) is 11.0. The van der Waals surface area contributed by atoms with Crippen molar-refractivity contribution in [1.29, 1.82) is 0 Å². The van der Waals surface area contributed by atoms with Crippen molar-refractivity contribution in [2.24, 2.45) is 0 Å². The molecule has 0 aromatic heterocycles. The molecular weight excluding hydrogens is 210 g/mol. The smallest absolute Gasteiger partial charge is 0.0697 e. The Morgan fingerprint density at radius 3 is 2.35 bits per heavy atom. The molecule has 2 nitrogen and oxygen atoms in total. The summed E-state index contributed by atoms with van der Waals surface area (Å²) in [5.74, 6) is 0. The first-order chi connectivity index (χ1) is 8.36. The predicted octanol–water partition coefficient (Wildman–Crippen LogP) is 3.40. The molecule has 1 unspecified atom stereocenters. The van der Waals surface area contributed by atoms with Crippen molar-refractivity contribution in [2.75, 3.05) is 6.61 Å². The summed E-state index contributed by atoms with van der Waals surface area (Å²) in [7, 11) is 0. The Balaban J connectivity index is 1.52. The number of rotatable bonds is 2. The monoisotopic (exact) mass is 237 g/mol. The second-order valence-electron chi connectivity index (χ2n) is 6.43. The van der Waals surface area contributed by atoms with Gasteiger partial charge in [0.25, 0.3) is 0 Å². The number of ether oxygens (including phenoxy) is 1.